The van der Waals surface area contributed by atoms with Gasteiger partial charge >= 0.3 is 5.69 Å². The summed E-state index contributed by atoms with van der Waals surface area (Å²) in [5, 5.41) is 8.69. The van der Waals surface area contributed by atoms with E-state index in [1.807, 2.05) is 13.0 Å². The highest BCUT2D eigenvalue weighted by atomic mass is 16.6. The van der Waals surface area contributed by atoms with E-state index in [0.29, 0.717) is 5.56 Å². The molecule has 1 aromatic carbocycles. The SMILES string of the molecule is C=Cc1ccc(C)cc1[N+](=O)O. The van der Waals surface area contributed by atoms with Gasteiger partial charge in [0.25, 0.3) is 4.92 Å². The molecule has 0 aliphatic carbocycles. The van der Waals surface area contributed by atoms with Crippen LogP contribution in [-0.2, 0) is 0 Å². The molecule has 0 atom stereocenters. The number of rotatable bonds is 2. The van der Waals surface area contributed by atoms with E-state index in [-0.39, 0.29) is 10.6 Å². The highest BCUT2D eigenvalue weighted by Gasteiger charge is 2.15. The zero-order chi connectivity index (χ0) is 9.14. The average molecular weight is 164 g/mol. The number of hydrogen-bond acceptors (Lipinski definition) is 1. The van der Waals surface area contributed by atoms with Gasteiger partial charge < -0.3 is 0 Å². The van der Waals surface area contributed by atoms with E-state index in [2.05, 4.69) is 6.58 Å². The minimum absolute atomic E-state index is 0.149. The average Bonchev–Trinajstić information content (AvgIpc) is 2.04. The van der Waals surface area contributed by atoms with Crippen molar-refractivity contribution >= 4 is 11.8 Å². The van der Waals surface area contributed by atoms with Gasteiger partial charge in [0.2, 0.25) is 0 Å². The first-order chi connectivity index (χ1) is 5.65. The Labute approximate surface area is 70.5 Å². The normalized spacial score (nSPS) is 9.42. The molecule has 0 fully saturated rings. The van der Waals surface area contributed by atoms with Crippen LogP contribution in [0.2, 0.25) is 0 Å². The van der Waals surface area contributed by atoms with Crippen LogP contribution in [0.4, 0.5) is 5.69 Å². The predicted molar refractivity (Wildman–Crippen MR) is 46.3 cm³/mol. The van der Waals surface area contributed by atoms with Crippen LogP contribution in [0.3, 0.4) is 0 Å². The van der Waals surface area contributed by atoms with Crippen molar-refractivity contribution in [2.75, 3.05) is 0 Å². The first kappa shape index (κ1) is 8.46. The maximum absolute atomic E-state index is 10.6. The third-order valence-electron chi connectivity index (χ3n) is 1.61. The summed E-state index contributed by atoms with van der Waals surface area (Å²) in [4.78, 5) is 10.5. The molecular weight excluding hydrogens is 154 g/mol. The van der Waals surface area contributed by atoms with E-state index in [1.165, 1.54) is 6.08 Å². The van der Waals surface area contributed by atoms with Crippen LogP contribution in [0.25, 0.3) is 6.08 Å². The second-order valence-electron chi connectivity index (χ2n) is 2.54. The van der Waals surface area contributed by atoms with Crippen molar-refractivity contribution in [2.24, 2.45) is 0 Å². The molecule has 3 heteroatoms. The summed E-state index contributed by atoms with van der Waals surface area (Å²) in [5.74, 6) is 0. The van der Waals surface area contributed by atoms with Crippen LogP contribution in [0.15, 0.2) is 24.8 Å². The topological polar surface area (TPSA) is 40.3 Å². The fraction of sp³-hybridized carbons (Fsp3) is 0.111. The second kappa shape index (κ2) is 3.17. The first-order valence-corrected chi connectivity index (χ1v) is 3.54. The largest absolute Gasteiger partial charge is 0.323 e. The summed E-state index contributed by atoms with van der Waals surface area (Å²) in [5.41, 5.74) is 1.77. The third kappa shape index (κ3) is 1.50. The Balaban J connectivity index is 3.30. The zero-order valence-corrected chi connectivity index (χ0v) is 6.82. The van der Waals surface area contributed by atoms with Gasteiger partial charge in [-0.15, -0.1) is 0 Å². The van der Waals surface area contributed by atoms with Crippen molar-refractivity contribution in [1.82, 2.24) is 0 Å². The van der Waals surface area contributed by atoms with Crippen molar-refractivity contribution in [1.29, 1.82) is 0 Å². The molecule has 0 saturated heterocycles. The van der Waals surface area contributed by atoms with Gasteiger partial charge in [0.15, 0.2) is 0 Å². The smallest absolute Gasteiger partial charge is 0.241 e. The molecule has 0 unspecified atom stereocenters. The van der Waals surface area contributed by atoms with Gasteiger partial charge in [-0.05, 0) is 18.6 Å². The van der Waals surface area contributed by atoms with Crippen molar-refractivity contribution in [3.05, 3.63) is 40.8 Å². The summed E-state index contributed by atoms with van der Waals surface area (Å²) in [6, 6.07) is 5.19. The molecule has 1 N–H and O–H groups in total. The molecule has 62 valence electrons. The lowest BCUT2D eigenvalue weighted by molar-refractivity contribution is -0.729. The Morgan fingerprint density at radius 2 is 2.25 bits per heavy atom. The van der Waals surface area contributed by atoms with Gasteiger partial charge in [-0.2, -0.15) is 0 Å². The van der Waals surface area contributed by atoms with Gasteiger partial charge in [0.1, 0.15) is 0 Å². The van der Waals surface area contributed by atoms with Crippen LogP contribution >= 0.6 is 0 Å². The highest BCUT2D eigenvalue weighted by molar-refractivity contribution is 5.59. The standard InChI is InChI=1S/C9H10NO2/c1-3-8-5-4-7(2)6-9(8)10(11)12/h3-6H,1H2,2H3,(H,11,12)/q+1. The van der Waals surface area contributed by atoms with Crippen LogP contribution in [0, 0.1) is 11.8 Å². The van der Waals surface area contributed by atoms with E-state index in [9.17, 15) is 4.91 Å². The van der Waals surface area contributed by atoms with E-state index >= 15 is 0 Å². The van der Waals surface area contributed by atoms with Crippen molar-refractivity contribution in [3.63, 3.8) is 0 Å². The lowest BCUT2D eigenvalue weighted by Gasteiger charge is -1.93. The van der Waals surface area contributed by atoms with Gasteiger partial charge in [-0.1, -0.05) is 18.7 Å². The van der Waals surface area contributed by atoms with Gasteiger partial charge in [-0.25, -0.2) is 5.21 Å². The molecule has 12 heavy (non-hydrogen) atoms. The number of hydrogen-bond donors (Lipinski definition) is 1. The number of nitrogens with zero attached hydrogens (tertiary/aromatic N) is 1. The van der Waals surface area contributed by atoms with Gasteiger partial charge in [0.05, 0.1) is 10.5 Å². The lowest BCUT2D eigenvalue weighted by atomic mass is 10.1. The van der Waals surface area contributed by atoms with Crippen LogP contribution in [0.1, 0.15) is 11.1 Å². The molecular formula is C9H10NO2+. The number of aryl methyl sites for hydroxylation is 1. The van der Waals surface area contributed by atoms with Gasteiger partial charge in [0, 0.05) is 6.07 Å². The predicted octanol–water partition coefficient (Wildman–Crippen LogP) is 2.44. The minimum Gasteiger partial charge on any atom is -0.241 e. The van der Waals surface area contributed by atoms with E-state index in [4.69, 9.17) is 5.21 Å². The van der Waals surface area contributed by atoms with Crippen LogP contribution < -0.4 is 0 Å². The summed E-state index contributed by atoms with van der Waals surface area (Å²) in [7, 11) is 0. The van der Waals surface area contributed by atoms with Crippen LogP contribution in [0.5, 0.6) is 0 Å². The Morgan fingerprint density at radius 1 is 1.58 bits per heavy atom. The Hall–Kier alpha value is -1.64. The second-order valence-corrected chi connectivity index (χ2v) is 2.54. The summed E-state index contributed by atoms with van der Waals surface area (Å²) in [6.07, 6.45) is 1.52. The summed E-state index contributed by atoms with van der Waals surface area (Å²) in [6.45, 7) is 5.37. The quantitative estimate of drug-likeness (QED) is 0.682. The molecule has 0 spiro atoms. The fourth-order valence-corrected chi connectivity index (χ4v) is 0.992. The zero-order valence-electron chi connectivity index (χ0n) is 6.82. The monoisotopic (exact) mass is 164 g/mol. The van der Waals surface area contributed by atoms with E-state index in [1.54, 1.807) is 12.1 Å². The molecule has 0 saturated carbocycles. The molecule has 0 heterocycles. The minimum atomic E-state index is -0.149. The molecule has 0 amide bonds. The van der Waals surface area contributed by atoms with Gasteiger partial charge in [-0.3, -0.25) is 0 Å². The number of benzene rings is 1. The van der Waals surface area contributed by atoms with E-state index in [0.717, 1.165) is 5.56 Å². The molecule has 0 aromatic heterocycles. The molecule has 0 aliphatic rings. The molecule has 1 rings (SSSR count). The Kier molecular flexibility index (Phi) is 2.24. The van der Waals surface area contributed by atoms with Crippen molar-refractivity contribution in [2.45, 2.75) is 6.92 Å². The Bertz CT molecular complexity index is 331. The van der Waals surface area contributed by atoms with Crippen LogP contribution in [-0.4, -0.2) is 10.1 Å². The summed E-state index contributed by atoms with van der Waals surface area (Å²) < 4.78 is 0. The molecule has 0 bridgehead atoms. The first-order valence-electron chi connectivity index (χ1n) is 3.54. The lowest BCUT2D eigenvalue weighted by Crippen LogP contribution is -1.94. The Morgan fingerprint density at radius 3 is 2.75 bits per heavy atom. The fourth-order valence-electron chi connectivity index (χ4n) is 0.992. The molecule has 0 radical (unpaired) electrons. The molecule has 1 aromatic rings. The summed E-state index contributed by atoms with van der Waals surface area (Å²) >= 11 is 0. The third-order valence-corrected chi connectivity index (χ3v) is 1.61. The van der Waals surface area contributed by atoms with Crippen molar-refractivity contribution < 1.29 is 10.1 Å². The van der Waals surface area contributed by atoms with Crippen molar-refractivity contribution in [3.8, 4) is 0 Å². The van der Waals surface area contributed by atoms with E-state index < -0.39 is 0 Å². The molecule has 0 aliphatic heterocycles. The highest BCUT2D eigenvalue weighted by Crippen LogP contribution is 2.19. The maximum Gasteiger partial charge on any atom is 0.323 e. The maximum atomic E-state index is 10.6. The molecule has 3 nitrogen and oxygen atoms in total.